The highest BCUT2D eigenvalue weighted by Crippen LogP contribution is 2.30. The van der Waals surface area contributed by atoms with E-state index in [2.05, 4.69) is 0 Å². The fraction of sp³-hybridized carbons (Fsp3) is 0.571. The maximum absolute atomic E-state index is 12.8. The Morgan fingerprint density at radius 2 is 2.10 bits per heavy atom. The van der Waals surface area contributed by atoms with Crippen molar-refractivity contribution < 1.29 is 8.42 Å². The predicted octanol–water partition coefficient (Wildman–Crippen LogP) is 2.16. The molecule has 4 nitrogen and oxygen atoms in total. The van der Waals surface area contributed by atoms with E-state index in [1.807, 2.05) is 25.3 Å². The zero-order valence-corrected chi connectivity index (χ0v) is 13.6. The minimum atomic E-state index is -3.41. The fourth-order valence-corrected chi connectivity index (χ4v) is 5.25. The molecule has 20 heavy (non-hydrogen) atoms. The molecule has 2 rings (SSSR count). The molecule has 1 saturated heterocycles. The third-order valence-electron chi connectivity index (χ3n) is 3.85. The lowest BCUT2D eigenvalue weighted by Crippen LogP contribution is -2.45. The van der Waals surface area contributed by atoms with E-state index in [0.29, 0.717) is 18.0 Å². The molecule has 0 bridgehead atoms. The summed E-state index contributed by atoms with van der Waals surface area (Å²) >= 11 is 1.46. The Hall–Kier alpha value is -0.560. The molecule has 1 aliphatic heterocycles. The van der Waals surface area contributed by atoms with Crippen molar-refractivity contribution in [3.8, 4) is 0 Å². The zero-order chi connectivity index (χ0) is 14.8. The Morgan fingerprint density at radius 3 is 2.75 bits per heavy atom. The van der Waals surface area contributed by atoms with Crippen LogP contribution in [0, 0.1) is 5.92 Å². The molecule has 2 unspecified atom stereocenters. The number of benzene rings is 1. The fourth-order valence-electron chi connectivity index (χ4n) is 2.59. The third kappa shape index (κ3) is 3.19. The maximum Gasteiger partial charge on any atom is 0.244 e. The Balaban J connectivity index is 2.30. The van der Waals surface area contributed by atoms with Crippen LogP contribution in [-0.4, -0.2) is 38.1 Å². The average Bonchev–Trinajstić information content (AvgIpc) is 2.47. The molecule has 2 atom stereocenters. The summed E-state index contributed by atoms with van der Waals surface area (Å²) in [7, 11) is -3.41. The van der Waals surface area contributed by atoms with Gasteiger partial charge in [-0.3, -0.25) is 0 Å². The van der Waals surface area contributed by atoms with Crippen LogP contribution in [0.2, 0.25) is 0 Å². The molecule has 0 radical (unpaired) electrons. The van der Waals surface area contributed by atoms with Crippen LogP contribution in [0.4, 0.5) is 0 Å². The van der Waals surface area contributed by atoms with Crippen LogP contribution in [-0.2, 0) is 10.0 Å². The minimum Gasteiger partial charge on any atom is -0.328 e. The number of hydrogen-bond donors (Lipinski definition) is 1. The second-order valence-corrected chi connectivity index (χ2v) is 8.03. The summed E-state index contributed by atoms with van der Waals surface area (Å²) < 4.78 is 27.2. The predicted molar refractivity (Wildman–Crippen MR) is 83.4 cm³/mol. The maximum atomic E-state index is 12.8. The summed E-state index contributed by atoms with van der Waals surface area (Å²) in [6.07, 6.45) is 3.79. The Kier molecular flexibility index (Phi) is 5.12. The number of sulfonamides is 1. The van der Waals surface area contributed by atoms with Gasteiger partial charge in [-0.05, 0) is 44.1 Å². The van der Waals surface area contributed by atoms with Gasteiger partial charge in [-0.15, -0.1) is 11.8 Å². The van der Waals surface area contributed by atoms with Crippen LogP contribution < -0.4 is 5.73 Å². The van der Waals surface area contributed by atoms with Gasteiger partial charge in [-0.1, -0.05) is 12.1 Å². The van der Waals surface area contributed by atoms with Crippen molar-refractivity contribution in [2.24, 2.45) is 11.7 Å². The molecule has 0 spiro atoms. The van der Waals surface area contributed by atoms with Gasteiger partial charge in [0.15, 0.2) is 0 Å². The van der Waals surface area contributed by atoms with Gasteiger partial charge < -0.3 is 5.73 Å². The quantitative estimate of drug-likeness (QED) is 0.865. The highest BCUT2D eigenvalue weighted by Gasteiger charge is 2.32. The van der Waals surface area contributed by atoms with Crippen LogP contribution in [0.25, 0.3) is 0 Å². The van der Waals surface area contributed by atoms with E-state index in [1.165, 1.54) is 11.8 Å². The van der Waals surface area contributed by atoms with Crippen molar-refractivity contribution in [3.63, 3.8) is 0 Å². The van der Waals surface area contributed by atoms with E-state index in [9.17, 15) is 8.42 Å². The van der Waals surface area contributed by atoms with E-state index >= 15 is 0 Å². The summed E-state index contributed by atoms with van der Waals surface area (Å²) in [4.78, 5) is 1.22. The second-order valence-electron chi connectivity index (χ2n) is 5.28. The molecule has 1 aromatic rings. The summed E-state index contributed by atoms with van der Waals surface area (Å²) in [5.41, 5.74) is 5.94. The van der Waals surface area contributed by atoms with Crippen molar-refractivity contribution in [2.45, 2.75) is 35.6 Å². The van der Waals surface area contributed by atoms with E-state index < -0.39 is 10.0 Å². The lowest BCUT2D eigenvalue weighted by molar-refractivity contribution is 0.243. The average molecular weight is 314 g/mol. The van der Waals surface area contributed by atoms with Crippen LogP contribution in [0.3, 0.4) is 0 Å². The van der Waals surface area contributed by atoms with Gasteiger partial charge in [0.25, 0.3) is 0 Å². The molecule has 1 heterocycles. The van der Waals surface area contributed by atoms with Crippen LogP contribution in [0.15, 0.2) is 34.1 Å². The molecule has 2 N–H and O–H groups in total. The molecule has 1 fully saturated rings. The van der Waals surface area contributed by atoms with Crippen molar-refractivity contribution in [1.29, 1.82) is 0 Å². The van der Waals surface area contributed by atoms with Crippen molar-refractivity contribution >= 4 is 21.8 Å². The second kappa shape index (κ2) is 6.47. The molecule has 0 saturated carbocycles. The minimum absolute atomic E-state index is 0.0313. The molecule has 0 amide bonds. The number of nitrogens with zero attached hydrogens (tertiary/aromatic N) is 1. The smallest absolute Gasteiger partial charge is 0.244 e. The van der Waals surface area contributed by atoms with E-state index in [-0.39, 0.29) is 12.0 Å². The molecule has 6 heteroatoms. The first-order valence-electron chi connectivity index (χ1n) is 6.85. The first-order chi connectivity index (χ1) is 9.46. The van der Waals surface area contributed by atoms with Crippen LogP contribution in [0.1, 0.15) is 19.8 Å². The monoisotopic (exact) mass is 314 g/mol. The van der Waals surface area contributed by atoms with Crippen LogP contribution >= 0.6 is 11.8 Å². The van der Waals surface area contributed by atoms with Gasteiger partial charge in [0, 0.05) is 24.0 Å². The molecule has 1 aliphatic rings. The Labute approximate surface area is 125 Å². The number of piperidine rings is 1. The highest BCUT2D eigenvalue weighted by molar-refractivity contribution is 7.99. The lowest BCUT2D eigenvalue weighted by atomic mass is 9.93. The SMILES string of the molecule is CSc1ccccc1S(=O)(=O)N1CCCC(C(C)N)C1. The third-order valence-corrected chi connectivity index (χ3v) is 6.70. The van der Waals surface area contributed by atoms with Gasteiger partial charge in [-0.2, -0.15) is 4.31 Å². The van der Waals surface area contributed by atoms with E-state index in [4.69, 9.17) is 5.73 Å². The molecular formula is C14H22N2O2S2. The summed E-state index contributed by atoms with van der Waals surface area (Å²) in [5, 5.41) is 0. The number of thioether (sulfide) groups is 1. The first kappa shape index (κ1) is 15.8. The van der Waals surface area contributed by atoms with Crippen molar-refractivity contribution in [2.75, 3.05) is 19.3 Å². The lowest BCUT2D eigenvalue weighted by Gasteiger charge is -2.34. The summed E-state index contributed by atoms with van der Waals surface area (Å²) in [6, 6.07) is 7.22. The zero-order valence-electron chi connectivity index (χ0n) is 12.0. The van der Waals surface area contributed by atoms with Crippen molar-refractivity contribution in [1.82, 2.24) is 4.31 Å². The Bertz CT molecular complexity index is 558. The molecule has 112 valence electrons. The van der Waals surface area contributed by atoms with E-state index in [1.54, 1.807) is 16.4 Å². The summed E-state index contributed by atoms with van der Waals surface area (Å²) in [6.45, 7) is 3.08. The van der Waals surface area contributed by atoms with Crippen LogP contribution in [0.5, 0.6) is 0 Å². The Morgan fingerprint density at radius 1 is 1.40 bits per heavy atom. The molecule has 0 aromatic heterocycles. The first-order valence-corrected chi connectivity index (χ1v) is 9.52. The standard InChI is InChI=1S/C14H22N2O2S2/c1-11(15)12-6-5-9-16(10-12)20(17,18)14-8-4-3-7-13(14)19-2/h3-4,7-8,11-12H,5-6,9-10,15H2,1-2H3. The number of rotatable bonds is 4. The van der Waals surface area contributed by atoms with Gasteiger partial charge in [0.1, 0.15) is 0 Å². The molecular weight excluding hydrogens is 292 g/mol. The number of hydrogen-bond acceptors (Lipinski definition) is 4. The van der Waals surface area contributed by atoms with Crippen molar-refractivity contribution in [3.05, 3.63) is 24.3 Å². The van der Waals surface area contributed by atoms with Gasteiger partial charge in [0.05, 0.1) is 4.90 Å². The normalized spacial score (nSPS) is 22.6. The van der Waals surface area contributed by atoms with Gasteiger partial charge in [-0.25, -0.2) is 8.42 Å². The highest BCUT2D eigenvalue weighted by atomic mass is 32.2. The number of nitrogens with two attached hydrogens (primary N) is 1. The van der Waals surface area contributed by atoms with Gasteiger partial charge in [0.2, 0.25) is 10.0 Å². The largest absolute Gasteiger partial charge is 0.328 e. The summed E-state index contributed by atoms with van der Waals surface area (Å²) in [5.74, 6) is 0.250. The molecule has 1 aromatic carbocycles. The molecule has 0 aliphatic carbocycles. The van der Waals surface area contributed by atoms with E-state index in [0.717, 1.165) is 17.7 Å². The van der Waals surface area contributed by atoms with Gasteiger partial charge >= 0.3 is 0 Å². The topological polar surface area (TPSA) is 63.4 Å².